The van der Waals surface area contributed by atoms with Crippen molar-refractivity contribution in [3.8, 4) is 6.07 Å². The van der Waals surface area contributed by atoms with E-state index >= 15 is 0 Å². The Labute approximate surface area is 112 Å². The van der Waals surface area contributed by atoms with E-state index in [-0.39, 0.29) is 17.6 Å². The van der Waals surface area contributed by atoms with Crippen LogP contribution in [0.1, 0.15) is 18.4 Å². The third-order valence-corrected chi connectivity index (χ3v) is 2.99. The molecule has 1 saturated heterocycles. The van der Waals surface area contributed by atoms with Crippen LogP contribution in [0.2, 0.25) is 0 Å². The molecular weight excluding hydrogens is 240 g/mol. The van der Waals surface area contributed by atoms with Gasteiger partial charge in [-0.25, -0.2) is 0 Å². The number of benzene rings is 1. The van der Waals surface area contributed by atoms with Crippen LogP contribution in [-0.4, -0.2) is 25.2 Å². The first-order valence-corrected chi connectivity index (χ1v) is 6.36. The molecule has 1 aromatic carbocycles. The van der Waals surface area contributed by atoms with Crippen molar-refractivity contribution in [2.45, 2.75) is 18.9 Å². The van der Waals surface area contributed by atoms with E-state index in [1.807, 2.05) is 36.4 Å². The highest BCUT2D eigenvalue weighted by Gasteiger charge is 2.17. The summed E-state index contributed by atoms with van der Waals surface area (Å²) in [6, 6.07) is 11.3. The van der Waals surface area contributed by atoms with E-state index in [1.165, 1.54) is 0 Å². The number of nitrogens with one attached hydrogen (secondary N) is 1. The number of carbonyl (C=O) groups is 1. The summed E-state index contributed by atoms with van der Waals surface area (Å²) in [6.07, 6.45) is 3.67. The minimum Gasteiger partial charge on any atom is -0.376 e. The highest BCUT2D eigenvalue weighted by Crippen LogP contribution is 2.11. The summed E-state index contributed by atoms with van der Waals surface area (Å²) in [5.41, 5.74) is 0.954. The Morgan fingerprint density at radius 1 is 1.47 bits per heavy atom. The van der Waals surface area contributed by atoms with Crippen LogP contribution in [0.25, 0.3) is 6.08 Å². The van der Waals surface area contributed by atoms with Crippen molar-refractivity contribution in [2.75, 3.05) is 13.2 Å². The third-order valence-electron chi connectivity index (χ3n) is 2.99. The Bertz CT molecular complexity index is 497. The molecule has 4 nitrogen and oxygen atoms in total. The van der Waals surface area contributed by atoms with Gasteiger partial charge in [0.15, 0.2) is 0 Å². The molecule has 2 rings (SSSR count). The quantitative estimate of drug-likeness (QED) is 0.661. The van der Waals surface area contributed by atoms with Gasteiger partial charge in [-0.15, -0.1) is 0 Å². The number of carbonyl (C=O) groups excluding carboxylic acids is 1. The molecule has 19 heavy (non-hydrogen) atoms. The lowest BCUT2D eigenvalue weighted by Crippen LogP contribution is -2.32. The largest absolute Gasteiger partial charge is 0.376 e. The number of nitriles is 1. The fourth-order valence-corrected chi connectivity index (χ4v) is 1.97. The van der Waals surface area contributed by atoms with Crippen molar-refractivity contribution in [1.29, 1.82) is 5.26 Å². The van der Waals surface area contributed by atoms with E-state index < -0.39 is 0 Å². The van der Waals surface area contributed by atoms with Crippen LogP contribution in [0, 0.1) is 11.3 Å². The van der Waals surface area contributed by atoms with E-state index in [1.54, 1.807) is 6.08 Å². The summed E-state index contributed by atoms with van der Waals surface area (Å²) in [4.78, 5) is 11.9. The van der Waals surface area contributed by atoms with Crippen LogP contribution in [0.15, 0.2) is 35.9 Å². The van der Waals surface area contributed by atoms with Crippen LogP contribution in [0.4, 0.5) is 0 Å². The van der Waals surface area contributed by atoms with Crippen molar-refractivity contribution < 1.29 is 9.53 Å². The minimum atomic E-state index is -0.346. The summed E-state index contributed by atoms with van der Waals surface area (Å²) in [5.74, 6) is -0.346. The average Bonchev–Trinajstić information content (AvgIpc) is 2.96. The molecule has 4 heteroatoms. The molecule has 1 fully saturated rings. The summed E-state index contributed by atoms with van der Waals surface area (Å²) in [5, 5.41) is 11.8. The summed E-state index contributed by atoms with van der Waals surface area (Å²) in [6.45, 7) is 1.22. The number of amides is 1. The smallest absolute Gasteiger partial charge is 0.262 e. The molecule has 0 bridgehead atoms. The zero-order valence-electron chi connectivity index (χ0n) is 10.6. The van der Waals surface area contributed by atoms with E-state index in [0.29, 0.717) is 6.54 Å². The molecule has 1 aliphatic heterocycles. The molecule has 1 aromatic rings. The van der Waals surface area contributed by atoms with Crippen LogP contribution >= 0.6 is 0 Å². The maximum Gasteiger partial charge on any atom is 0.262 e. The van der Waals surface area contributed by atoms with E-state index in [0.717, 1.165) is 25.0 Å². The van der Waals surface area contributed by atoms with Gasteiger partial charge >= 0.3 is 0 Å². The molecule has 0 aromatic heterocycles. The predicted octanol–water partition coefficient (Wildman–Crippen LogP) is 1.89. The highest BCUT2D eigenvalue weighted by molar-refractivity contribution is 6.01. The van der Waals surface area contributed by atoms with Gasteiger partial charge in [0, 0.05) is 13.2 Å². The highest BCUT2D eigenvalue weighted by atomic mass is 16.5. The monoisotopic (exact) mass is 256 g/mol. The van der Waals surface area contributed by atoms with E-state index in [2.05, 4.69) is 5.32 Å². The normalized spacial score (nSPS) is 18.9. The average molecular weight is 256 g/mol. The fourth-order valence-electron chi connectivity index (χ4n) is 1.97. The summed E-state index contributed by atoms with van der Waals surface area (Å²) in [7, 11) is 0. The lowest BCUT2D eigenvalue weighted by molar-refractivity contribution is -0.117. The van der Waals surface area contributed by atoms with Crippen LogP contribution < -0.4 is 5.32 Å². The van der Waals surface area contributed by atoms with Crippen LogP contribution in [0.3, 0.4) is 0 Å². The number of nitrogens with zero attached hydrogens (tertiary/aromatic N) is 1. The zero-order valence-corrected chi connectivity index (χ0v) is 10.6. The predicted molar refractivity (Wildman–Crippen MR) is 72.0 cm³/mol. The topological polar surface area (TPSA) is 62.1 Å². The van der Waals surface area contributed by atoms with Gasteiger partial charge in [0.05, 0.1) is 6.10 Å². The molecule has 0 spiro atoms. The van der Waals surface area contributed by atoms with E-state index in [9.17, 15) is 4.79 Å². The molecule has 1 aliphatic rings. The second-order valence-corrected chi connectivity index (χ2v) is 4.43. The standard InChI is InChI=1S/C15H16N2O2/c16-10-13(9-12-5-2-1-3-6-12)15(18)17-11-14-7-4-8-19-14/h1-3,5-6,9,14H,4,7-8,11H2,(H,17,18)/b13-9+. The number of hydrogen-bond acceptors (Lipinski definition) is 3. The first-order chi connectivity index (χ1) is 9.29. The first kappa shape index (κ1) is 13.3. The van der Waals surface area contributed by atoms with Gasteiger partial charge in [-0.1, -0.05) is 30.3 Å². The maximum atomic E-state index is 11.9. The van der Waals surface area contributed by atoms with E-state index in [4.69, 9.17) is 10.00 Å². The Morgan fingerprint density at radius 2 is 2.26 bits per heavy atom. The van der Waals surface area contributed by atoms with Gasteiger partial charge in [-0.05, 0) is 24.5 Å². The maximum absolute atomic E-state index is 11.9. The van der Waals surface area contributed by atoms with Crippen molar-refractivity contribution in [1.82, 2.24) is 5.32 Å². The molecular formula is C15H16N2O2. The lowest BCUT2D eigenvalue weighted by atomic mass is 10.1. The van der Waals surface area contributed by atoms with Gasteiger partial charge in [0.1, 0.15) is 11.6 Å². The Kier molecular flexibility index (Phi) is 4.71. The Morgan fingerprint density at radius 3 is 2.89 bits per heavy atom. The Balaban J connectivity index is 1.95. The summed E-state index contributed by atoms with van der Waals surface area (Å²) >= 11 is 0. The number of rotatable bonds is 4. The van der Waals surface area contributed by atoms with Crippen LogP contribution in [0.5, 0.6) is 0 Å². The van der Waals surface area contributed by atoms with Gasteiger partial charge in [-0.2, -0.15) is 5.26 Å². The molecule has 98 valence electrons. The van der Waals surface area contributed by atoms with Crippen molar-refractivity contribution in [3.63, 3.8) is 0 Å². The van der Waals surface area contributed by atoms with Crippen LogP contribution in [-0.2, 0) is 9.53 Å². The molecule has 1 unspecified atom stereocenters. The molecule has 1 heterocycles. The first-order valence-electron chi connectivity index (χ1n) is 6.36. The molecule has 1 atom stereocenters. The third kappa shape index (κ3) is 3.94. The molecule has 0 saturated carbocycles. The molecule has 0 aliphatic carbocycles. The second kappa shape index (κ2) is 6.72. The molecule has 0 radical (unpaired) electrons. The van der Waals surface area contributed by atoms with Crippen molar-refractivity contribution in [2.24, 2.45) is 0 Å². The van der Waals surface area contributed by atoms with Gasteiger partial charge in [0.25, 0.3) is 5.91 Å². The lowest BCUT2D eigenvalue weighted by Gasteiger charge is -2.10. The second-order valence-electron chi connectivity index (χ2n) is 4.43. The van der Waals surface area contributed by atoms with Gasteiger partial charge < -0.3 is 10.1 Å². The van der Waals surface area contributed by atoms with Crippen molar-refractivity contribution >= 4 is 12.0 Å². The number of hydrogen-bond donors (Lipinski definition) is 1. The minimum absolute atomic E-state index is 0.0839. The fraction of sp³-hybridized carbons (Fsp3) is 0.333. The molecule has 1 amide bonds. The summed E-state index contributed by atoms with van der Waals surface area (Å²) < 4.78 is 5.42. The van der Waals surface area contributed by atoms with Gasteiger partial charge in [-0.3, -0.25) is 4.79 Å². The zero-order chi connectivity index (χ0) is 13.5. The number of ether oxygens (including phenoxy) is 1. The van der Waals surface area contributed by atoms with Crippen molar-refractivity contribution in [3.05, 3.63) is 41.5 Å². The van der Waals surface area contributed by atoms with Gasteiger partial charge in [0.2, 0.25) is 0 Å². The molecule has 1 N–H and O–H groups in total. The SMILES string of the molecule is N#C/C(=C\c1ccccc1)C(=O)NCC1CCCO1. The Hall–Kier alpha value is -2.12.